The number of carbonyl (C=O) groups is 1. The summed E-state index contributed by atoms with van der Waals surface area (Å²) in [5.41, 5.74) is 3.00. The molecule has 0 aliphatic rings. The predicted molar refractivity (Wildman–Crippen MR) is 66.2 cm³/mol. The van der Waals surface area contributed by atoms with E-state index in [-0.39, 0.29) is 5.69 Å². The zero-order valence-electron chi connectivity index (χ0n) is 9.34. The van der Waals surface area contributed by atoms with Crippen LogP contribution in [0, 0.1) is 0 Å². The lowest BCUT2D eigenvalue weighted by atomic mass is 10.1. The van der Waals surface area contributed by atoms with Crippen molar-refractivity contribution in [3.8, 4) is 11.1 Å². The molecule has 0 radical (unpaired) electrons. The summed E-state index contributed by atoms with van der Waals surface area (Å²) in [5, 5.41) is 11.8. The highest BCUT2D eigenvalue weighted by molar-refractivity contribution is 5.85. The number of pyridine rings is 1. The molecule has 2 rings (SSSR count). The molecule has 0 fully saturated rings. The molecule has 4 heteroatoms. The maximum absolute atomic E-state index is 10.7. The van der Waals surface area contributed by atoms with E-state index >= 15 is 0 Å². The standard InChI is InChI=1S/C13H12N2O2/c1-14-11-5-2-9(3-6-11)10-4-7-12(13(16)17)15-8-10/h2-8,14H,1H3,(H,16,17). The molecule has 0 aliphatic heterocycles. The summed E-state index contributed by atoms with van der Waals surface area (Å²) in [6.45, 7) is 0. The minimum atomic E-state index is -1.01. The molecule has 0 saturated carbocycles. The normalized spacial score (nSPS) is 9.94. The molecule has 1 heterocycles. The van der Waals surface area contributed by atoms with Crippen molar-refractivity contribution in [2.75, 3.05) is 12.4 Å². The van der Waals surface area contributed by atoms with Crippen LogP contribution in [0.3, 0.4) is 0 Å². The predicted octanol–water partition coefficient (Wildman–Crippen LogP) is 2.49. The van der Waals surface area contributed by atoms with Gasteiger partial charge >= 0.3 is 5.97 Å². The molecule has 0 spiro atoms. The number of hydrogen-bond donors (Lipinski definition) is 2. The Labute approximate surface area is 98.9 Å². The topological polar surface area (TPSA) is 62.2 Å². The molecule has 0 atom stereocenters. The first-order valence-corrected chi connectivity index (χ1v) is 5.18. The van der Waals surface area contributed by atoms with Crippen LogP contribution in [0.1, 0.15) is 10.5 Å². The molecule has 2 aromatic rings. The van der Waals surface area contributed by atoms with Gasteiger partial charge in [0.25, 0.3) is 0 Å². The van der Waals surface area contributed by atoms with Gasteiger partial charge in [0.2, 0.25) is 0 Å². The number of nitrogens with one attached hydrogen (secondary N) is 1. The number of nitrogens with zero attached hydrogens (tertiary/aromatic N) is 1. The summed E-state index contributed by atoms with van der Waals surface area (Å²) in [7, 11) is 1.86. The molecule has 0 unspecified atom stereocenters. The fourth-order valence-electron chi connectivity index (χ4n) is 1.52. The summed E-state index contributed by atoms with van der Waals surface area (Å²) in [6, 6.07) is 11.1. The van der Waals surface area contributed by atoms with Crippen LogP contribution in [0.2, 0.25) is 0 Å². The highest BCUT2D eigenvalue weighted by Gasteiger charge is 2.04. The monoisotopic (exact) mass is 228 g/mol. The van der Waals surface area contributed by atoms with Gasteiger partial charge in [-0.05, 0) is 23.8 Å². The van der Waals surface area contributed by atoms with Crippen LogP contribution >= 0.6 is 0 Å². The average Bonchev–Trinajstić information content (AvgIpc) is 2.39. The van der Waals surface area contributed by atoms with E-state index in [1.165, 1.54) is 6.07 Å². The maximum atomic E-state index is 10.7. The molecule has 2 N–H and O–H groups in total. The number of rotatable bonds is 3. The Balaban J connectivity index is 2.29. The van der Waals surface area contributed by atoms with Gasteiger partial charge in [-0.25, -0.2) is 9.78 Å². The second-order valence-electron chi connectivity index (χ2n) is 3.56. The molecule has 0 saturated heterocycles. The second-order valence-corrected chi connectivity index (χ2v) is 3.56. The van der Waals surface area contributed by atoms with Crippen LogP contribution in [0.15, 0.2) is 42.6 Å². The Morgan fingerprint density at radius 2 is 1.76 bits per heavy atom. The van der Waals surface area contributed by atoms with Crippen molar-refractivity contribution < 1.29 is 9.90 Å². The SMILES string of the molecule is CNc1ccc(-c2ccc(C(=O)O)nc2)cc1. The van der Waals surface area contributed by atoms with Crippen LogP contribution in [0.5, 0.6) is 0 Å². The molecule has 4 nitrogen and oxygen atoms in total. The fourth-order valence-corrected chi connectivity index (χ4v) is 1.52. The number of anilines is 1. The minimum Gasteiger partial charge on any atom is -0.477 e. The number of carboxylic acids is 1. The molecule has 0 bridgehead atoms. The van der Waals surface area contributed by atoms with Crippen molar-refractivity contribution >= 4 is 11.7 Å². The Kier molecular flexibility index (Phi) is 3.05. The Bertz CT molecular complexity index is 518. The molecular weight excluding hydrogens is 216 g/mol. The van der Waals surface area contributed by atoms with Crippen molar-refractivity contribution in [2.24, 2.45) is 0 Å². The quantitative estimate of drug-likeness (QED) is 0.847. The number of hydrogen-bond acceptors (Lipinski definition) is 3. The minimum absolute atomic E-state index is 0.0561. The lowest BCUT2D eigenvalue weighted by molar-refractivity contribution is 0.0690. The first-order chi connectivity index (χ1) is 8.20. The summed E-state index contributed by atoms with van der Waals surface area (Å²) in [6.07, 6.45) is 1.57. The van der Waals surface area contributed by atoms with Crippen LogP contribution in [-0.4, -0.2) is 23.1 Å². The third-order valence-corrected chi connectivity index (χ3v) is 2.49. The van der Waals surface area contributed by atoms with Gasteiger partial charge in [-0.15, -0.1) is 0 Å². The first-order valence-electron chi connectivity index (χ1n) is 5.18. The summed E-state index contributed by atoms with van der Waals surface area (Å²) >= 11 is 0. The van der Waals surface area contributed by atoms with E-state index in [0.29, 0.717) is 0 Å². The van der Waals surface area contributed by atoms with Crippen molar-refractivity contribution in [1.29, 1.82) is 0 Å². The van der Waals surface area contributed by atoms with Crippen molar-refractivity contribution in [1.82, 2.24) is 4.98 Å². The maximum Gasteiger partial charge on any atom is 0.354 e. The van der Waals surface area contributed by atoms with E-state index in [1.54, 1.807) is 12.3 Å². The Morgan fingerprint density at radius 1 is 1.12 bits per heavy atom. The third kappa shape index (κ3) is 2.42. The molecule has 17 heavy (non-hydrogen) atoms. The van der Waals surface area contributed by atoms with Crippen molar-refractivity contribution in [3.63, 3.8) is 0 Å². The third-order valence-electron chi connectivity index (χ3n) is 2.49. The largest absolute Gasteiger partial charge is 0.477 e. The molecule has 1 aromatic heterocycles. The number of aromatic carboxylic acids is 1. The van der Waals surface area contributed by atoms with Gasteiger partial charge in [0.15, 0.2) is 0 Å². The van der Waals surface area contributed by atoms with E-state index < -0.39 is 5.97 Å². The van der Waals surface area contributed by atoms with Gasteiger partial charge < -0.3 is 10.4 Å². The molecular formula is C13H12N2O2. The van der Waals surface area contributed by atoms with E-state index in [4.69, 9.17) is 5.11 Å². The van der Waals surface area contributed by atoms with Gasteiger partial charge in [0.1, 0.15) is 5.69 Å². The summed E-state index contributed by atoms with van der Waals surface area (Å²) < 4.78 is 0. The highest BCUT2D eigenvalue weighted by atomic mass is 16.4. The second kappa shape index (κ2) is 4.65. The lowest BCUT2D eigenvalue weighted by Crippen LogP contribution is -1.99. The lowest BCUT2D eigenvalue weighted by Gasteiger charge is -2.04. The van der Waals surface area contributed by atoms with E-state index in [9.17, 15) is 4.79 Å². The molecule has 0 amide bonds. The van der Waals surface area contributed by atoms with Crippen molar-refractivity contribution in [2.45, 2.75) is 0 Å². The van der Waals surface area contributed by atoms with Crippen LogP contribution < -0.4 is 5.32 Å². The van der Waals surface area contributed by atoms with Gasteiger partial charge in [0, 0.05) is 24.5 Å². The zero-order valence-corrected chi connectivity index (χ0v) is 9.34. The summed E-state index contributed by atoms with van der Waals surface area (Å²) in [4.78, 5) is 14.5. The number of carboxylic acid groups (broad SMARTS) is 1. The highest BCUT2D eigenvalue weighted by Crippen LogP contribution is 2.20. The molecule has 86 valence electrons. The van der Waals surface area contributed by atoms with Gasteiger partial charge in [-0.1, -0.05) is 18.2 Å². The average molecular weight is 228 g/mol. The number of benzene rings is 1. The smallest absolute Gasteiger partial charge is 0.354 e. The van der Waals surface area contributed by atoms with E-state index in [2.05, 4.69) is 10.3 Å². The van der Waals surface area contributed by atoms with Gasteiger partial charge in [0.05, 0.1) is 0 Å². The molecule has 0 aliphatic carbocycles. The fraction of sp³-hybridized carbons (Fsp3) is 0.0769. The van der Waals surface area contributed by atoms with E-state index in [1.807, 2.05) is 31.3 Å². The molecule has 1 aromatic carbocycles. The van der Waals surface area contributed by atoms with Crippen LogP contribution in [0.25, 0.3) is 11.1 Å². The Hall–Kier alpha value is -2.36. The Morgan fingerprint density at radius 3 is 2.24 bits per heavy atom. The van der Waals surface area contributed by atoms with Crippen molar-refractivity contribution in [3.05, 3.63) is 48.3 Å². The van der Waals surface area contributed by atoms with Crippen LogP contribution in [0.4, 0.5) is 5.69 Å². The van der Waals surface area contributed by atoms with Gasteiger partial charge in [-0.3, -0.25) is 0 Å². The first kappa shape index (κ1) is 11.1. The van der Waals surface area contributed by atoms with Gasteiger partial charge in [-0.2, -0.15) is 0 Å². The van der Waals surface area contributed by atoms with E-state index in [0.717, 1.165) is 16.8 Å². The number of aromatic nitrogens is 1. The van der Waals surface area contributed by atoms with Crippen LogP contribution in [-0.2, 0) is 0 Å². The summed E-state index contributed by atoms with van der Waals surface area (Å²) in [5.74, 6) is -1.01. The zero-order chi connectivity index (χ0) is 12.3.